The van der Waals surface area contributed by atoms with Crippen molar-refractivity contribution >= 4 is 5.97 Å². The van der Waals surface area contributed by atoms with E-state index in [1.807, 2.05) is 0 Å². The number of rotatable bonds is 2. The number of nitrogens with two attached hydrogens (primary N) is 1. The average Bonchev–Trinajstić information content (AvgIpc) is 2.14. The first-order valence-corrected chi connectivity index (χ1v) is 4.04. The SMILES string of the molecule is NC(C(=O)O)(c1cccc(F)c1)C(F)(F)F. The van der Waals surface area contributed by atoms with Crippen molar-refractivity contribution in [3.8, 4) is 0 Å². The summed E-state index contributed by atoms with van der Waals surface area (Å²) in [6.07, 6.45) is -5.22. The van der Waals surface area contributed by atoms with Crippen LogP contribution in [0.3, 0.4) is 0 Å². The second kappa shape index (κ2) is 3.75. The lowest BCUT2D eigenvalue weighted by Crippen LogP contribution is -2.56. The number of carboxylic acid groups (broad SMARTS) is 1. The van der Waals surface area contributed by atoms with Crippen molar-refractivity contribution in [3.63, 3.8) is 0 Å². The molecule has 1 rings (SSSR count). The molecule has 3 N–H and O–H groups in total. The van der Waals surface area contributed by atoms with Gasteiger partial charge in [0.2, 0.25) is 5.54 Å². The molecule has 0 aliphatic rings. The van der Waals surface area contributed by atoms with E-state index in [-0.39, 0.29) is 0 Å². The summed E-state index contributed by atoms with van der Waals surface area (Å²) in [4.78, 5) is 10.6. The second-order valence-electron chi connectivity index (χ2n) is 3.12. The molecule has 1 atom stereocenters. The Morgan fingerprint density at radius 2 is 1.88 bits per heavy atom. The zero-order chi connectivity index (χ0) is 12.6. The van der Waals surface area contributed by atoms with Gasteiger partial charge in [-0.15, -0.1) is 0 Å². The molecular weight excluding hydrogens is 230 g/mol. The number of benzene rings is 1. The molecule has 0 aromatic heterocycles. The molecule has 0 bridgehead atoms. The molecule has 0 heterocycles. The molecule has 0 saturated heterocycles. The maximum atomic E-state index is 12.7. The molecule has 0 aliphatic carbocycles. The van der Waals surface area contributed by atoms with Gasteiger partial charge in [0.15, 0.2) is 0 Å². The number of carbonyl (C=O) groups is 1. The van der Waals surface area contributed by atoms with Gasteiger partial charge in [-0.3, -0.25) is 0 Å². The van der Waals surface area contributed by atoms with Gasteiger partial charge < -0.3 is 10.8 Å². The lowest BCUT2D eigenvalue weighted by atomic mass is 9.90. The molecule has 7 heteroatoms. The third-order valence-corrected chi connectivity index (χ3v) is 2.06. The number of aliphatic carboxylic acids is 1. The molecule has 1 aromatic carbocycles. The summed E-state index contributed by atoms with van der Waals surface area (Å²) < 4.78 is 50.4. The highest BCUT2D eigenvalue weighted by atomic mass is 19.4. The largest absolute Gasteiger partial charge is 0.479 e. The first-order valence-electron chi connectivity index (χ1n) is 4.04. The van der Waals surface area contributed by atoms with Gasteiger partial charge in [0.25, 0.3) is 0 Å². The van der Waals surface area contributed by atoms with Gasteiger partial charge in [-0.25, -0.2) is 9.18 Å². The van der Waals surface area contributed by atoms with E-state index >= 15 is 0 Å². The normalized spacial score (nSPS) is 15.6. The maximum absolute atomic E-state index is 12.7. The molecule has 0 saturated carbocycles. The van der Waals surface area contributed by atoms with Gasteiger partial charge in [0.05, 0.1) is 0 Å². The van der Waals surface area contributed by atoms with Crippen LogP contribution in [0.25, 0.3) is 0 Å². The van der Waals surface area contributed by atoms with Crippen LogP contribution in [0.1, 0.15) is 5.56 Å². The Morgan fingerprint density at radius 1 is 1.31 bits per heavy atom. The highest BCUT2D eigenvalue weighted by Crippen LogP contribution is 2.37. The first kappa shape index (κ1) is 12.4. The van der Waals surface area contributed by atoms with E-state index < -0.39 is 29.1 Å². The Morgan fingerprint density at radius 3 is 2.25 bits per heavy atom. The van der Waals surface area contributed by atoms with Crippen LogP contribution in [0, 0.1) is 5.82 Å². The van der Waals surface area contributed by atoms with Crippen LogP contribution in [-0.4, -0.2) is 17.3 Å². The van der Waals surface area contributed by atoms with Crippen molar-refractivity contribution in [2.45, 2.75) is 11.7 Å². The summed E-state index contributed by atoms with van der Waals surface area (Å²) in [5, 5.41) is 8.55. The monoisotopic (exact) mass is 237 g/mol. The van der Waals surface area contributed by atoms with Crippen LogP contribution in [-0.2, 0) is 10.3 Å². The van der Waals surface area contributed by atoms with Gasteiger partial charge in [-0.05, 0) is 17.7 Å². The smallest absolute Gasteiger partial charge is 0.421 e. The molecular formula is C9H7F4NO2. The first-order chi connectivity index (χ1) is 7.19. The number of hydrogen-bond donors (Lipinski definition) is 2. The van der Waals surface area contributed by atoms with Gasteiger partial charge in [0.1, 0.15) is 5.82 Å². The van der Waals surface area contributed by atoms with Crippen molar-refractivity contribution in [2.75, 3.05) is 0 Å². The average molecular weight is 237 g/mol. The van der Waals surface area contributed by atoms with Gasteiger partial charge in [-0.1, -0.05) is 12.1 Å². The summed E-state index contributed by atoms with van der Waals surface area (Å²) in [5.74, 6) is -3.27. The van der Waals surface area contributed by atoms with E-state index in [1.54, 1.807) is 0 Å². The molecule has 1 unspecified atom stereocenters. The van der Waals surface area contributed by atoms with Gasteiger partial charge in [-0.2, -0.15) is 13.2 Å². The van der Waals surface area contributed by atoms with E-state index in [0.717, 1.165) is 18.2 Å². The van der Waals surface area contributed by atoms with E-state index in [0.29, 0.717) is 6.07 Å². The van der Waals surface area contributed by atoms with Gasteiger partial charge >= 0.3 is 12.1 Å². The minimum absolute atomic E-state index is 0.446. The van der Waals surface area contributed by atoms with Crippen LogP contribution in [0.2, 0.25) is 0 Å². The Bertz CT molecular complexity index is 418. The molecule has 0 fully saturated rings. The van der Waals surface area contributed by atoms with Crippen molar-refractivity contribution in [1.82, 2.24) is 0 Å². The number of carboxylic acids is 1. The second-order valence-corrected chi connectivity index (χ2v) is 3.12. The Balaban J connectivity index is 3.39. The molecule has 1 aromatic rings. The molecule has 88 valence electrons. The number of hydrogen-bond acceptors (Lipinski definition) is 2. The van der Waals surface area contributed by atoms with Crippen molar-refractivity contribution < 1.29 is 27.5 Å². The van der Waals surface area contributed by atoms with Crippen molar-refractivity contribution in [3.05, 3.63) is 35.6 Å². The van der Waals surface area contributed by atoms with Crippen LogP contribution in [0.15, 0.2) is 24.3 Å². The summed E-state index contributed by atoms with van der Waals surface area (Å²) in [7, 11) is 0. The quantitative estimate of drug-likeness (QED) is 0.768. The summed E-state index contributed by atoms with van der Waals surface area (Å²) >= 11 is 0. The Kier molecular flexibility index (Phi) is 2.91. The van der Waals surface area contributed by atoms with E-state index in [9.17, 15) is 22.4 Å². The standard InChI is InChI=1S/C9H7F4NO2/c10-6-3-1-2-5(4-6)8(14,7(15)16)9(11,12)13/h1-4H,14H2,(H,15,16). The van der Waals surface area contributed by atoms with Gasteiger partial charge in [0, 0.05) is 0 Å². The highest BCUT2D eigenvalue weighted by Gasteiger charge is 2.59. The summed E-state index contributed by atoms with van der Waals surface area (Å²) in [5.41, 5.74) is 0.361. The van der Waals surface area contributed by atoms with E-state index in [2.05, 4.69) is 0 Å². The predicted molar refractivity (Wildman–Crippen MR) is 46.0 cm³/mol. The lowest BCUT2D eigenvalue weighted by Gasteiger charge is -2.27. The van der Waals surface area contributed by atoms with E-state index in [4.69, 9.17) is 10.8 Å². The maximum Gasteiger partial charge on any atom is 0.421 e. The molecule has 16 heavy (non-hydrogen) atoms. The van der Waals surface area contributed by atoms with Crippen molar-refractivity contribution in [2.24, 2.45) is 5.73 Å². The molecule has 0 spiro atoms. The molecule has 0 amide bonds. The molecule has 0 aliphatic heterocycles. The molecule has 0 radical (unpaired) electrons. The minimum atomic E-state index is -5.22. The Hall–Kier alpha value is -1.63. The fraction of sp³-hybridized carbons (Fsp3) is 0.222. The van der Waals surface area contributed by atoms with Crippen LogP contribution < -0.4 is 5.73 Å². The third kappa shape index (κ3) is 1.85. The van der Waals surface area contributed by atoms with Crippen LogP contribution >= 0.6 is 0 Å². The van der Waals surface area contributed by atoms with Crippen LogP contribution in [0.4, 0.5) is 17.6 Å². The molecule has 3 nitrogen and oxygen atoms in total. The number of halogens is 4. The third-order valence-electron chi connectivity index (χ3n) is 2.06. The predicted octanol–water partition coefficient (Wildman–Crippen LogP) is 1.63. The number of alkyl halides is 3. The zero-order valence-electron chi connectivity index (χ0n) is 7.75. The summed E-state index contributed by atoms with van der Waals surface area (Å²) in [6, 6.07) is 3.11. The van der Waals surface area contributed by atoms with Crippen LogP contribution in [0.5, 0.6) is 0 Å². The fourth-order valence-corrected chi connectivity index (χ4v) is 1.14. The Labute approximate surface area is 87.5 Å². The lowest BCUT2D eigenvalue weighted by molar-refractivity contribution is -0.204. The van der Waals surface area contributed by atoms with Crippen molar-refractivity contribution in [1.29, 1.82) is 0 Å². The topological polar surface area (TPSA) is 63.3 Å². The highest BCUT2D eigenvalue weighted by molar-refractivity contribution is 5.81. The minimum Gasteiger partial charge on any atom is -0.479 e. The van der Waals surface area contributed by atoms with E-state index in [1.165, 1.54) is 0 Å². The fourth-order valence-electron chi connectivity index (χ4n) is 1.14. The summed E-state index contributed by atoms with van der Waals surface area (Å²) in [6.45, 7) is 0. The zero-order valence-corrected chi connectivity index (χ0v) is 7.75.